The van der Waals surface area contributed by atoms with Crippen molar-refractivity contribution in [2.24, 2.45) is 10.9 Å². The van der Waals surface area contributed by atoms with Gasteiger partial charge in [0.2, 0.25) is 0 Å². The number of carbonyl (C=O) groups is 1. The number of piperidine rings is 1. The molecule has 31 heavy (non-hydrogen) atoms. The highest BCUT2D eigenvalue weighted by atomic mass is 127. The van der Waals surface area contributed by atoms with Crippen molar-refractivity contribution in [1.82, 2.24) is 10.2 Å². The van der Waals surface area contributed by atoms with Crippen molar-refractivity contribution in [3.05, 3.63) is 64.7 Å². The van der Waals surface area contributed by atoms with E-state index in [9.17, 15) is 4.79 Å². The number of nitrogens with one attached hydrogen (secondary N) is 1. The first-order valence-corrected chi connectivity index (χ1v) is 10.5. The lowest BCUT2D eigenvalue weighted by molar-refractivity contribution is -0.146. The minimum atomic E-state index is -0.120. The molecule has 2 aromatic rings. The highest BCUT2D eigenvalue weighted by Crippen LogP contribution is 2.24. The van der Waals surface area contributed by atoms with Crippen LogP contribution < -0.4 is 10.1 Å². The summed E-state index contributed by atoms with van der Waals surface area (Å²) in [6, 6.07) is 15.6. The van der Waals surface area contributed by atoms with Crippen molar-refractivity contribution in [2.45, 2.75) is 26.0 Å². The fraction of sp³-hybridized carbons (Fsp3) is 0.391. The maximum atomic E-state index is 11.7. The maximum Gasteiger partial charge on any atom is 0.308 e. The summed E-state index contributed by atoms with van der Waals surface area (Å²) in [7, 11) is 3.23. The Labute approximate surface area is 206 Å². The van der Waals surface area contributed by atoms with Gasteiger partial charge in [0.25, 0.3) is 0 Å². The topological polar surface area (TPSA) is 63.2 Å². The van der Waals surface area contributed by atoms with Gasteiger partial charge in [0.15, 0.2) is 5.96 Å². The van der Waals surface area contributed by atoms with Crippen LogP contribution in [0.3, 0.4) is 0 Å². The van der Waals surface area contributed by atoms with E-state index in [2.05, 4.69) is 27.3 Å². The Bertz CT molecular complexity index is 886. The number of nitrogens with zero attached hydrogens (tertiary/aromatic N) is 2. The van der Waals surface area contributed by atoms with E-state index in [0.717, 1.165) is 43.0 Å². The zero-order valence-corrected chi connectivity index (χ0v) is 20.9. The Hall–Kier alpha value is -2.00. The van der Waals surface area contributed by atoms with Gasteiger partial charge >= 0.3 is 5.97 Å². The molecule has 0 saturated carbocycles. The van der Waals surface area contributed by atoms with Crippen LogP contribution in [-0.4, -0.2) is 44.1 Å². The van der Waals surface area contributed by atoms with Crippen LogP contribution in [0.25, 0.3) is 0 Å². The molecule has 0 spiro atoms. The van der Waals surface area contributed by atoms with Crippen molar-refractivity contribution >= 4 is 47.5 Å². The molecule has 1 fully saturated rings. The smallest absolute Gasteiger partial charge is 0.308 e. The normalized spacial score (nSPS) is 14.5. The number of guanidine groups is 1. The third-order valence-corrected chi connectivity index (χ3v) is 5.63. The number of likely N-dealkylation sites (tertiary alicyclic amines) is 1. The van der Waals surface area contributed by atoms with E-state index in [1.54, 1.807) is 7.05 Å². The van der Waals surface area contributed by atoms with Gasteiger partial charge in [-0.25, -0.2) is 0 Å². The van der Waals surface area contributed by atoms with E-state index >= 15 is 0 Å². The number of aliphatic imine (C=N–C) groups is 1. The fourth-order valence-electron chi connectivity index (χ4n) is 3.59. The molecule has 0 atom stereocenters. The highest BCUT2D eigenvalue weighted by Gasteiger charge is 2.26. The summed E-state index contributed by atoms with van der Waals surface area (Å²) >= 11 is 6.19. The van der Waals surface area contributed by atoms with Crippen LogP contribution in [-0.2, 0) is 22.7 Å². The SMILES string of the molecule is CN=C(NCc1ccccc1COc1ccccc1Cl)N1CCC(C(=O)OC)CC1.I. The van der Waals surface area contributed by atoms with Gasteiger partial charge < -0.3 is 19.7 Å². The molecule has 0 aliphatic carbocycles. The van der Waals surface area contributed by atoms with Crippen LogP contribution in [0.2, 0.25) is 5.02 Å². The molecule has 6 nitrogen and oxygen atoms in total. The molecule has 1 aliphatic heterocycles. The second kappa shape index (κ2) is 12.8. The molecule has 1 aliphatic rings. The summed E-state index contributed by atoms with van der Waals surface area (Å²) < 4.78 is 10.8. The van der Waals surface area contributed by atoms with Crippen molar-refractivity contribution in [3.8, 4) is 5.75 Å². The summed E-state index contributed by atoms with van der Waals surface area (Å²) in [6.45, 7) is 2.61. The highest BCUT2D eigenvalue weighted by molar-refractivity contribution is 14.0. The first-order valence-electron chi connectivity index (χ1n) is 10.1. The molecular formula is C23H29ClIN3O3. The number of hydrogen-bond acceptors (Lipinski definition) is 4. The third-order valence-electron chi connectivity index (χ3n) is 5.32. The second-order valence-electron chi connectivity index (χ2n) is 7.17. The zero-order valence-electron chi connectivity index (χ0n) is 17.8. The standard InChI is InChI=1S/C23H28ClN3O3.HI/c1-25-23(27-13-11-17(12-14-27)22(28)29-2)26-15-18-7-3-4-8-19(18)16-30-21-10-6-5-9-20(21)24;/h3-10,17H,11-16H2,1-2H3,(H,25,26);1H. The number of carbonyl (C=O) groups excluding carboxylic acids is 1. The minimum Gasteiger partial charge on any atom is -0.487 e. The number of methoxy groups -OCH3 is 1. The number of hydrogen-bond donors (Lipinski definition) is 1. The lowest BCUT2D eigenvalue weighted by Crippen LogP contribution is -2.46. The number of esters is 1. The Kier molecular flexibility index (Phi) is 10.4. The van der Waals surface area contributed by atoms with E-state index in [4.69, 9.17) is 21.1 Å². The number of halogens is 2. The lowest BCUT2D eigenvalue weighted by Gasteiger charge is -2.33. The molecular weight excluding hydrogens is 529 g/mol. The van der Waals surface area contributed by atoms with Crippen LogP contribution in [0.4, 0.5) is 0 Å². The predicted molar refractivity (Wildman–Crippen MR) is 134 cm³/mol. The zero-order chi connectivity index (χ0) is 21.3. The Balaban J connectivity index is 0.00000341. The van der Waals surface area contributed by atoms with Gasteiger partial charge in [-0.1, -0.05) is 48.0 Å². The molecule has 1 heterocycles. The monoisotopic (exact) mass is 557 g/mol. The van der Waals surface area contributed by atoms with Crippen molar-refractivity contribution in [2.75, 3.05) is 27.2 Å². The van der Waals surface area contributed by atoms with Crippen LogP contribution in [0.15, 0.2) is 53.5 Å². The molecule has 0 unspecified atom stereocenters. The molecule has 1 saturated heterocycles. The quantitative estimate of drug-likeness (QED) is 0.245. The minimum absolute atomic E-state index is 0. The summed E-state index contributed by atoms with van der Waals surface area (Å²) in [5, 5.41) is 4.04. The first kappa shape index (κ1) is 25.3. The van der Waals surface area contributed by atoms with Gasteiger partial charge in [0, 0.05) is 26.7 Å². The summed E-state index contributed by atoms with van der Waals surface area (Å²) in [4.78, 5) is 18.3. The van der Waals surface area contributed by atoms with Gasteiger partial charge in [-0.2, -0.15) is 0 Å². The van der Waals surface area contributed by atoms with Crippen LogP contribution in [0.5, 0.6) is 5.75 Å². The maximum absolute atomic E-state index is 11.7. The molecule has 0 aromatic heterocycles. The fourth-order valence-corrected chi connectivity index (χ4v) is 3.78. The van der Waals surface area contributed by atoms with Gasteiger partial charge in [-0.3, -0.25) is 9.79 Å². The molecule has 0 radical (unpaired) electrons. The molecule has 2 aromatic carbocycles. The molecule has 3 rings (SSSR count). The van der Waals surface area contributed by atoms with Crippen LogP contribution >= 0.6 is 35.6 Å². The van der Waals surface area contributed by atoms with Gasteiger partial charge in [-0.05, 0) is 36.1 Å². The van der Waals surface area contributed by atoms with Crippen LogP contribution in [0.1, 0.15) is 24.0 Å². The number of rotatable bonds is 6. The van der Waals surface area contributed by atoms with E-state index in [0.29, 0.717) is 23.9 Å². The summed E-state index contributed by atoms with van der Waals surface area (Å²) in [6.07, 6.45) is 1.55. The van der Waals surface area contributed by atoms with Crippen molar-refractivity contribution in [3.63, 3.8) is 0 Å². The molecule has 0 amide bonds. The summed E-state index contributed by atoms with van der Waals surface area (Å²) in [5.41, 5.74) is 2.22. The molecule has 1 N–H and O–H groups in total. The van der Waals surface area contributed by atoms with Gasteiger partial charge in [0.1, 0.15) is 12.4 Å². The van der Waals surface area contributed by atoms with E-state index in [-0.39, 0.29) is 35.9 Å². The number of ether oxygens (including phenoxy) is 2. The molecule has 168 valence electrons. The van der Waals surface area contributed by atoms with Gasteiger partial charge in [0.05, 0.1) is 18.1 Å². The third kappa shape index (κ3) is 7.00. The molecule has 8 heteroatoms. The van der Waals surface area contributed by atoms with Crippen molar-refractivity contribution in [1.29, 1.82) is 0 Å². The summed E-state index contributed by atoms with van der Waals surface area (Å²) in [5.74, 6) is 1.36. The Morgan fingerprint density at radius 1 is 1.13 bits per heavy atom. The molecule has 0 bridgehead atoms. The van der Waals surface area contributed by atoms with E-state index in [1.165, 1.54) is 7.11 Å². The number of para-hydroxylation sites is 1. The Morgan fingerprint density at radius 2 is 1.77 bits per heavy atom. The largest absolute Gasteiger partial charge is 0.487 e. The van der Waals surface area contributed by atoms with E-state index < -0.39 is 0 Å². The Morgan fingerprint density at radius 3 is 2.42 bits per heavy atom. The van der Waals surface area contributed by atoms with E-state index in [1.807, 2.05) is 36.4 Å². The lowest BCUT2D eigenvalue weighted by atomic mass is 9.97. The second-order valence-corrected chi connectivity index (χ2v) is 7.58. The first-order chi connectivity index (χ1) is 14.6. The van der Waals surface area contributed by atoms with Gasteiger partial charge in [-0.15, -0.1) is 24.0 Å². The predicted octanol–water partition coefficient (Wildman–Crippen LogP) is 4.50. The van der Waals surface area contributed by atoms with Crippen molar-refractivity contribution < 1.29 is 14.3 Å². The average molecular weight is 558 g/mol. The average Bonchev–Trinajstić information content (AvgIpc) is 2.79. The van der Waals surface area contributed by atoms with Crippen LogP contribution in [0, 0.1) is 5.92 Å². The number of benzene rings is 2.